The Morgan fingerprint density at radius 1 is 0.342 bits per heavy atom. The van der Waals surface area contributed by atoms with Gasteiger partial charge in [0.25, 0.3) is 0 Å². The third-order valence-electron chi connectivity index (χ3n) is 7.22. The van der Waals surface area contributed by atoms with Crippen molar-refractivity contribution in [2.24, 2.45) is 0 Å². The Bertz CT molecular complexity index is 1640. The third-order valence-corrected chi connectivity index (χ3v) is 7.22. The first kappa shape index (κ1) is 23.5. The molecule has 0 atom stereocenters. The molecule has 0 saturated carbocycles. The number of nitrogens with two attached hydrogens (primary N) is 1. The van der Waals surface area contributed by atoms with E-state index in [9.17, 15) is 0 Å². The predicted octanol–water partition coefficient (Wildman–Crippen LogP) is 9.91. The second-order valence-electron chi connectivity index (χ2n) is 9.59. The Morgan fingerprint density at radius 3 is 1.24 bits per heavy atom. The van der Waals surface area contributed by atoms with Gasteiger partial charge in [0, 0.05) is 11.3 Å². The topological polar surface area (TPSA) is 26.0 Å². The number of benzene rings is 6. The molecule has 0 aliphatic rings. The van der Waals surface area contributed by atoms with Crippen LogP contribution in [-0.2, 0) is 0 Å². The normalized spacial score (nSPS) is 10.9. The third kappa shape index (κ3) is 4.29. The highest BCUT2D eigenvalue weighted by atomic mass is 14.6. The van der Waals surface area contributed by atoms with Crippen molar-refractivity contribution in [3.63, 3.8) is 0 Å². The number of hydrogen-bond donors (Lipinski definition) is 1. The molecule has 0 saturated heterocycles. The van der Waals surface area contributed by atoms with Gasteiger partial charge in [0.15, 0.2) is 0 Å². The van der Waals surface area contributed by atoms with Crippen LogP contribution in [0.4, 0.5) is 5.69 Å². The lowest BCUT2D eigenvalue weighted by Crippen LogP contribution is -1.97. The highest BCUT2D eigenvalue weighted by Crippen LogP contribution is 2.46. The number of nitrogen functional groups attached to an aromatic ring is 1. The van der Waals surface area contributed by atoms with Gasteiger partial charge in [0.1, 0.15) is 0 Å². The second kappa shape index (κ2) is 10.2. The molecule has 0 aliphatic carbocycles. The maximum Gasteiger partial charge on any atom is 0.0396 e. The van der Waals surface area contributed by atoms with Crippen molar-refractivity contribution in [1.82, 2.24) is 0 Å². The lowest BCUT2D eigenvalue weighted by molar-refractivity contribution is 1.45. The van der Waals surface area contributed by atoms with Gasteiger partial charge < -0.3 is 5.73 Å². The first-order valence-corrected chi connectivity index (χ1v) is 13.0. The van der Waals surface area contributed by atoms with Crippen molar-refractivity contribution in [3.05, 3.63) is 151 Å². The molecular weight excluding hydrogens is 458 g/mol. The van der Waals surface area contributed by atoms with Crippen LogP contribution in [0.5, 0.6) is 0 Å². The Kier molecular flexibility index (Phi) is 6.34. The summed E-state index contributed by atoms with van der Waals surface area (Å²) in [5, 5.41) is 0. The Labute approximate surface area is 224 Å². The van der Waals surface area contributed by atoms with E-state index in [-0.39, 0.29) is 0 Å². The summed E-state index contributed by atoms with van der Waals surface area (Å²) in [7, 11) is 0. The quantitative estimate of drug-likeness (QED) is 0.241. The first-order chi connectivity index (χ1) is 18.7. The van der Waals surface area contributed by atoms with Gasteiger partial charge >= 0.3 is 0 Å². The van der Waals surface area contributed by atoms with Crippen LogP contribution in [0.2, 0.25) is 0 Å². The van der Waals surface area contributed by atoms with Gasteiger partial charge in [-0.15, -0.1) is 0 Å². The molecule has 0 fully saturated rings. The molecule has 0 aromatic heterocycles. The van der Waals surface area contributed by atoms with Crippen molar-refractivity contribution in [2.75, 3.05) is 5.73 Å². The Balaban J connectivity index is 1.67. The van der Waals surface area contributed by atoms with E-state index in [4.69, 9.17) is 5.73 Å². The van der Waals surface area contributed by atoms with Gasteiger partial charge in [-0.2, -0.15) is 0 Å². The molecule has 0 bridgehead atoms. The molecule has 2 N–H and O–H groups in total. The van der Waals surface area contributed by atoms with Crippen molar-refractivity contribution in [2.45, 2.75) is 6.92 Å². The van der Waals surface area contributed by atoms with Crippen LogP contribution < -0.4 is 5.73 Å². The largest absolute Gasteiger partial charge is 0.398 e. The molecule has 1 nitrogen and oxygen atoms in total. The van der Waals surface area contributed by atoms with E-state index in [0.29, 0.717) is 0 Å². The summed E-state index contributed by atoms with van der Waals surface area (Å²) in [5.74, 6) is 0. The monoisotopic (exact) mass is 487 g/mol. The average Bonchev–Trinajstić information content (AvgIpc) is 2.98. The van der Waals surface area contributed by atoms with E-state index in [1.54, 1.807) is 0 Å². The summed E-state index contributed by atoms with van der Waals surface area (Å²) in [4.78, 5) is 0. The molecule has 0 spiro atoms. The van der Waals surface area contributed by atoms with Crippen LogP contribution in [0.3, 0.4) is 0 Å². The average molecular weight is 488 g/mol. The summed E-state index contributed by atoms with van der Waals surface area (Å²) in [6.07, 6.45) is 0. The van der Waals surface area contributed by atoms with E-state index < -0.39 is 0 Å². The summed E-state index contributed by atoms with van der Waals surface area (Å²) in [5.41, 5.74) is 20.4. The SMILES string of the molecule is Cc1cccc(N)c1-c1ccccc1-c1ccccc1-c1c(-c2ccccc2)cccc1-c1ccccc1. The summed E-state index contributed by atoms with van der Waals surface area (Å²) >= 11 is 0. The van der Waals surface area contributed by atoms with Gasteiger partial charge in [0.2, 0.25) is 0 Å². The molecule has 38 heavy (non-hydrogen) atoms. The van der Waals surface area contributed by atoms with Crippen LogP contribution in [0.25, 0.3) is 55.6 Å². The van der Waals surface area contributed by atoms with Crippen molar-refractivity contribution in [3.8, 4) is 55.6 Å². The lowest BCUT2D eigenvalue weighted by Gasteiger charge is -2.21. The molecule has 1 heteroatoms. The Hall–Kier alpha value is -4.88. The van der Waals surface area contributed by atoms with Crippen molar-refractivity contribution >= 4 is 5.69 Å². The molecule has 6 rings (SSSR count). The summed E-state index contributed by atoms with van der Waals surface area (Å²) < 4.78 is 0. The molecule has 0 unspecified atom stereocenters. The standard InChI is InChI=1S/C37H29N/c1-26-14-12-25-35(38)36(26)33-21-10-8-19-31(33)32-20-9-11-22-34(32)37-29(27-15-4-2-5-16-27)23-13-24-30(37)28-17-6-3-7-18-28/h2-25H,38H2,1H3. The maximum atomic E-state index is 6.55. The van der Waals surface area contributed by atoms with Crippen LogP contribution >= 0.6 is 0 Å². The van der Waals surface area contributed by atoms with E-state index in [0.717, 1.165) is 16.8 Å². The van der Waals surface area contributed by atoms with Gasteiger partial charge in [-0.1, -0.05) is 140 Å². The maximum absolute atomic E-state index is 6.55. The zero-order valence-corrected chi connectivity index (χ0v) is 21.4. The molecule has 0 aliphatic heterocycles. The Morgan fingerprint density at radius 2 is 0.737 bits per heavy atom. The predicted molar refractivity (Wildman–Crippen MR) is 163 cm³/mol. The summed E-state index contributed by atoms with van der Waals surface area (Å²) in [6.45, 7) is 2.13. The zero-order valence-electron chi connectivity index (χ0n) is 21.4. The smallest absolute Gasteiger partial charge is 0.0396 e. The molecule has 182 valence electrons. The highest BCUT2D eigenvalue weighted by molar-refractivity contribution is 6.02. The fourth-order valence-corrected chi connectivity index (χ4v) is 5.49. The molecule has 6 aromatic carbocycles. The van der Waals surface area contributed by atoms with Crippen molar-refractivity contribution < 1.29 is 0 Å². The fourth-order valence-electron chi connectivity index (χ4n) is 5.49. The van der Waals surface area contributed by atoms with Crippen LogP contribution in [0, 0.1) is 6.92 Å². The minimum Gasteiger partial charge on any atom is -0.398 e. The molecule has 0 amide bonds. The van der Waals surface area contributed by atoms with Gasteiger partial charge in [0.05, 0.1) is 0 Å². The molecular formula is C37H29N. The van der Waals surface area contributed by atoms with Crippen molar-refractivity contribution in [1.29, 1.82) is 0 Å². The van der Waals surface area contributed by atoms with Gasteiger partial charge in [-0.05, 0) is 68.6 Å². The van der Waals surface area contributed by atoms with Gasteiger partial charge in [-0.3, -0.25) is 0 Å². The fraction of sp³-hybridized carbons (Fsp3) is 0.0270. The van der Waals surface area contributed by atoms with Gasteiger partial charge in [-0.25, -0.2) is 0 Å². The summed E-state index contributed by atoms with van der Waals surface area (Å²) in [6, 6.07) is 51.5. The van der Waals surface area contributed by atoms with E-state index in [1.807, 2.05) is 12.1 Å². The molecule has 0 heterocycles. The number of aryl methyl sites for hydroxylation is 1. The molecule has 6 aromatic rings. The van der Waals surface area contributed by atoms with E-state index >= 15 is 0 Å². The first-order valence-electron chi connectivity index (χ1n) is 13.0. The minimum absolute atomic E-state index is 0.796. The van der Waals surface area contributed by atoms with Crippen LogP contribution in [-0.4, -0.2) is 0 Å². The number of anilines is 1. The van der Waals surface area contributed by atoms with Crippen LogP contribution in [0.15, 0.2) is 146 Å². The minimum atomic E-state index is 0.796. The number of hydrogen-bond acceptors (Lipinski definition) is 1. The molecule has 0 radical (unpaired) electrons. The van der Waals surface area contributed by atoms with E-state index in [1.165, 1.54) is 50.1 Å². The number of rotatable bonds is 5. The zero-order chi connectivity index (χ0) is 25.9. The lowest BCUT2D eigenvalue weighted by atomic mass is 9.82. The van der Waals surface area contributed by atoms with Crippen LogP contribution in [0.1, 0.15) is 5.56 Å². The highest BCUT2D eigenvalue weighted by Gasteiger charge is 2.19. The second-order valence-corrected chi connectivity index (χ2v) is 9.59. The van der Waals surface area contributed by atoms with E-state index in [2.05, 4.69) is 140 Å².